The van der Waals surface area contributed by atoms with Gasteiger partial charge >= 0.3 is 17.9 Å². The number of aliphatic carboxylic acids is 1. The van der Waals surface area contributed by atoms with Crippen molar-refractivity contribution >= 4 is 17.9 Å². The van der Waals surface area contributed by atoms with Gasteiger partial charge in [-0.25, -0.2) is 4.79 Å². The van der Waals surface area contributed by atoms with Crippen LogP contribution in [0.15, 0.2) is 60.8 Å². The Morgan fingerprint density at radius 3 is 1.57 bits per heavy atom. The summed E-state index contributed by atoms with van der Waals surface area (Å²) < 4.78 is 22.5. The summed E-state index contributed by atoms with van der Waals surface area (Å²) in [4.78, 5) is 36.8. The summed E-state index contributed by atoms with van der Waals surface area (Å²) in [6.07, 6.45) is 40.2. The summed E-state index contributed by atoms with van der Waals surface area (Å²) >= 11 is 0. The Kier molecular flexibility index (Phi) is 34.9. The minimum absolute atomic E-state index is 0.183. The van der Waals surface area contributed by atoms with Crippen molar-refractivity contribution in [3.05, 3.63) is 60.8 Å². The Hall–Kier alpha value is -3.01. The van der Waals surface area contributed by atoms with Crippen LogP contribution in [0.3, 0.4) is 0 Å². The molecule has 0 saturated carbocycles. The normalized spacial score (nSPS) is 13.6. The van der Waals surface area contributed by atoms with Crippen LogP contribution in [0.5, 0.6) is 0 Å². The standard InChI is InChI=1S/C45H77NO8/c1-6-8-10-12-14-15-16-17-18-19-20-21-22-23-24-25-26-27-28-29-30-32-34-36-43(48)54-41(39-52-42(47)35-33-31-13-11-9-7-2)40-53-45(44(49)50)51-38-37-46(3,4)5/h8,10,14-15,17-18,20-21,23-24,41,45H,6-7,9,11-13,16,19,22,25-40H2,1-5H3/p+1/b10-8-,15-14-,18-17-,21-20-,24-23-. The fourth-order valence-corrected chi connectivity index (χ4v) is 5.27. The number of likely N-dealkylation sites (N-methyl/N-ethyl adjacent to an activating group) is 1. The van der Waals surface area contributed by atoms with E-state index in [-0.39, 0.29) is 32.2 Å². The van der Waals surface area contributed by atoms with Crippen molar-refractivity contribution in [3.8, 4) is 0 Å². The van der Waals surface area contributed by atoms with Gasteiger partial charge in [-0.15, -0.1) is 0 Å². The van der Waals surface area contributed by atoms with Crippen molar-refractivity contribution in [2.24, 2.45) is 0 Å². The predicted octanol–water partition coefficient (Wildman–Crippen LogP) is 10.6. The van der Waals surface area contributed by atoms with E-state index in [1.54, 1.807) is 0 Å². The molecule has 0 heterocycles. The average Bonchev–Trinajstić information content (AvgIpc) is 3.12. The molecule has 0 saturated heterocycles. The molecule has 2 atom stereocenters. The summed E-state index contributed by atoms with van der Waals surface area (Å²) in [5.41, 5.74) is 0. The monoisotopic (exact) mass is 761 g/mol. The molecule has 9 heteroatoms. The molecule has 2 unspecified atom stereocenters. The number of carboxylic acid groups (broad SMARTS) is 1. The molecule has 54 heavy (non-hydrogen) atoms. The molecule has 1 N–H and O–H groups in total. The third-order valence-electron chi connectivity index (χ3n) is 8.54. The maximum absolute atomic E-state index is 12.7. The van der Waals surface area contributed by atoms with Gasteiger partial charge in [-0.1, -0.05) is 139 Å². The Morgan fingerprint density at radius 1 is 0.574 bits per heavy atom. The number of hydrogen-bond acceptors (Lipinski definition) is 7. The Bertz CT molecular complexity index is 1070. The molecule has 0 aromatic carbocycles. The Balaban J connectivity index is 4.32. The molecule has 0 aromatic heterocycles. The molecular formula is C45H78NO8+. The minimum atomic E-state index is -1.51. The molecular weight excluding hydrogens is 682 g/mol. The first kappa shape index (κ1) is 51.0. The summed E-state index contributed by atoms with van der Waals surface area (Å²) in [6, 6.07) is 0. The van der Waals surface area contributed by atoms with E-state index in [1.165, 1.54) is 32.1 Å². The molecule has 0 spiro atoms. The van der Waals surface area contributed by atoms with Gasteiger partial charge < -0.3 is 28.5 Å². The van der Waals surface area contributed by atoms with E-state index in [4.69, 9.17) is 18.9 Å². The molecule has 0 aliphatic rings. The second-order valence-corrected chi connectivity index (χ2v) is 14.9. The van der Waals surface area contributed by atoms with Gasteiger partial charge in [-0.05, 0) is 57.8 Å². The van der Waals surface area contributed by atoms with Crippen molar-refractivity contribution in [3.63, 3.8) is 0 Å². The van der Waals surface area contributed by atoms with Gasteiger partial charge in [0.2, 0.25) is 0 Å². The molecule has 0 fully saturated rings. The lowest BCUT2D eigenvalue weighted by atomic mass is 10.1. The van der Waals surface area contributed by atoms with Gasteiger partial charge in [0.25, 0.3) is 6.29 Å². The zero-order chi connectivity index (χ0) is 40.0. The van der Waals surface area contributed by atoms with Crippen LogP contribution in [0, 0.1) is 0 Å². The summed E-state index contributed by atoms with van der Waals surface area (Å²) in [5.74, 6) is -2.04. The number of ether oxygens (including phenoxy) is 4. The van der Waals surface area contributed by atoms with Gasteiger partial charge in [-0.2, -0.15) is 0 Å². The van der Waals surface area contributed by atoms with Gasteiger partial charge in [0, 0.05) is 12.8 Å². The molecule has 0 amide bonds. The number of quaternary nitrogens is 1. The molecule has 0 radical (unpaired) electrons. The average molecular weight is 761 g/mol. The molecule has 0 aliphatic heterocycles. The van der Waals surface area contributed by atoms with E-state index < -0.39 is 24.3 Å². The van der Waals surface area contributed by atoms with Crippen LogP contribution in [-0.4, -0.2) is 87.4 Å². The minimum Gasteiger partial charge on any atom is -0.477 e. The highest BCUT2D eigenvalue weighted by atomic mass is 16.7. The largest absolute Gasteiger partial charge is 0.477 e. The number of nitrogens with zero attached hydrogens (tertiary/aromatic N) is 1. The topological polar surface area (TPSA) is 108 Å². The molecule has 0 aromatic rings. The van der Waals surface area contributed by atoms with E-state index in [1.807, 2.05) is 21.1 Å². The number of unbranched alkanes of at least 4 members (excludes halogenated alkanes) is 12. The Labute approximate surface area is 329 Å². The highest BCUT2D eigenvalue weighted by Gasteiger charge is 2.25. The van der Waals surface area contributed by atoms with Gasteiger partial charge in [0.1, 0.15) is 13.2 Å². The first-order valence-corrected chi connectivity index (χ1v) is 21.0. The number of allylic oxidation sites excluding steroid dienone is 10. The van der Waals surface area contributed by atoms with Crippen LogP contribution in [-0.2, 0) is 33.3 Å². The maximum Gasteiger partial charge on any atom is 0.361 e. The van der Waals surface area contributed by atoms with Gasteiger partial charge in [0.05, 0.1) is 34.4 Å². The first-order valence-electron chi connectivity index (χ1n) is 21.0. The second-order valence-electron chi connectivity index (χ2n) is 14.9. The number of carbonyl (C=O) groups excluding carboxylic acids is 2. The number of carboxylic acids is 1. The van der Waals surface area contributed by atoms with E-state index in [2.05, 4.69) is 74.6 Å². The van der Waals surface area contributed by atoms with Gasteiger partial charge in [0.15, 0.2) is 6.10 Å². The van der Waals surface area contributed by atoms with Crippen molar-refractivity contribution in [1.82, 2.24) is 0 Å². The summed E-state index contributed by atoms with van der Waals surface area (Å²) in [6.45, 7) is 4.65. The smallest absolute Gasteiger partial charge is 0.361 e. The van der Waals surface area contributed by atoms with Crippen LogP contribution in [0.25, 0.3) is 0 Å². The quantitative estimate of drug-likeness (QED) is 0.0219. The van der Waals surface area contributed by atoms with Crippen LogP contribution in [0.4, 0.5) is 0 Å². The van der Waals surface area contributed by atoms with Gasteiger partial charge in [-0.3, -0.25) is 9.59 Å². The highest BCUT2D eigenvalue weighted by Crippen LogP contribution is 2.13. The molecule has 0 bridgehead atoms. The molecule has 0 aliphatic carbocycles. The molecule has 0 rings (SSSR count). The van der Waals surface area contributed by atoms with Crippen molar-refractivity contribution < 1.29 is 42.9 Å². The third kappa shape index (κ3) is 37.3. The van der Waals surface area contributed by atoms with Crippen LogP contribution < -0.4 is 0 Å². The second kappa shape index (κ2) is 36.9. The molecule has 310 valence electrons. The van der Waals surface area contributed by atoms with E-state index in [0.717, 1.165) is 83.5 Å². The van der Waals surface area contributed by atoms with Crippen molar-refractivity contribution in [2.45, 2.75) is 161 Å². The zero-order valence-corrected chi connectivity index (χ0v) is 34.9. The van der Waals surface area contributed by atoms with Crippen LogP contribution in [0.1, 0.15) is 149 Å². The summed E-state index contributed by atoms with van der Waals surface area (Å²) in [7, 11) is 5.93. The number of hydrogen-bond donors (Lipinski definition) is 1. The lowest BCUT2D eigenvalue weighted by Gasteiger charge is -2.25. The number of rotatable bonds is 37. The zero-order valence-electron chi connectivity index (χ0n) is 34.9. The first-order chi connectivity index (χ1) is 26.1. The maximum atomic E-state index is 12.7. The predicted molar refractivity (Wildman–Crippen MR) is 221 cm³/mol. The highest BCUT2D eigenvalue weighted by molar-refractivity contribution is 5.71. The summed E-state index contributed by atoms with van der Waals surface area (Å²) in [5, 5.41) is 9.58. The lowest BCUT2D eigenvalue weighted by molar-refractivity contribution is -0.870. The lowest BCUT2D eigenvalue weighted by Crippen LogP contribution is -2.40. The van der Waals surface area contributed by atoms with Crippen LogP contribution in [0.2, 0.25) is 0 Å². The molecule has 9 nitrogen and oxygen atoms in total. The SMILES string of the molecule is CC/C=C\C/C=C\C/C=C\C/C=C\C/C=C\CCCCCCCCCC(=O)OC(COC(=O)CCCCCCCC)COC(OCC[N+](C)(C)C)C(=O)O. The number of esters is 2. The van der Waals surface area contributed by atoms with E-state index in [0.29, 0.717) is 23.9 Å². The van der Waals surface area contributed by atoms with Crippen molar-refractivity contribution in [2.75, 3.05) is 47.5 Å². The third-order valence-corrected chi connectivity index (χ3v) is 8.54. The van der Waals surface area contributed by atoms with Crippen molar-refractivity contribution in [1.29, 1.82) is 0 Å². The van der Waals surface area contributed by atoms with Crippen LogP contribution >= 0.6 is 0 Å². The van der Waals surface area contributed by atoms with E-state index >= 15 is 0 Å². The Morgan fingerprint density at radius 2 is 1.06 bits per heavy atom. The number of carbonyl (C=O) groups is 3. The fraction of sp³-hybridized carbons (Fsp3) is 0.711. The fourth-order valence-electron chi connectivity index (χ4n) is 5.27. The van der Waals surface area contributed by atoms with E-state index in [9.17, 15) is 19.5 Å².